The number of nitrogens with zero attached hydrogens (tertiary/aromatic N) is 1. The summed E-state index contributed by atoms with van der Waals surface area (Å²) in [6, 6.07) is 9.55. The number of hydrogen-bond donors (Lipinski definition) is 1. The zero-order valence-electron chi connectivity index (χ0n) is 9.63. The summed E-state index contributed by atoms with van der Waals surface area (Å²) >= 11 is 0. The molecule has 0 saturated carbocycles. The number of aliphatic hydroxyl groups excluding tert-OH is 1. The van der Waals surface area contributed by atoms with Gasteiger partial charge in [-0.3, -0.25) is 9.36 Å². The van der Waals surface area contributed by atoms with Crippen LogP contribution in [0.5, 0.6) is 0 Å². The van der Waals surface area contributed by atoms with E-state index in [4.69, 9.17) is 5.11 Å². The Balaban J connectivity index is 2.35. The third-order valence-corrected chi connectivity index (χ3v) is 2.62. The lowest BCUT2D eigenvalue weighted by molar-refractivity contribution is -0.206. The Hall–Kier alpha value is -2.08. The van der Waals surface area contributed by atoms with Crippen LogP contribution in [0.1, 0.15) is 11.7 Å². The molecule has 3 nitrogen and oxygen atoms in total. The lowest BCUT2D eigenvalue weighted by Crippen LogP contribution is -2.20. The SMILES string of the molecule is O=c1ccccn1-c1ccc(C(O)C(F)(F)F)cc1. The summed E-state index contributed by atoms with van der Waals surface area (Å²) in [5.74, 6) is 0. The van der Waals surface area contributed by atoms with Crippen LogP contribution >= 0.6 is 0 Å². The number of aliphatic hydroxyl groups is 1. The summed E-state index contributed by atoms with van der Waals surface area (Å²) < 4.78 is 38.2. The van der Waals surface area contributed by atoms with Gasteiger partial charge < -0.3 is 5.11 Å². The van der Waals surface area contributed by atoms with Crippen LogP contribution in [0.4, 0.5) is 13.2 Å². The van der Waals surface area contributed by atoms with Gasteiger partial charge in [-0.15, -0.1) is 0 Å². The van der Waals surface area contributed by atoms with Gasteiger partial charge in [0.05, 0.1) is 0 Å². The van der Waals surface area contributed by atoms with Crippen molar-refractivity contribution in [3.8, 4) is 5.69 Å². The largest absolute Gasteiger partial charge is 0.418 e. The summed E-state index contributed by atoms with van der Waals surface area (Å²) in [5, 5.41) is 9.08. The molecule has 1 aromatic heterocycles. The molecule has 0 spiro atoms. The fraction of sp³-hybridized carbons (Fsp3) is 0.154. The first kappa shape index (κ1) is 13.4. The highest BCUT2D eigenvalue weighted by Gasteiger charge is 2.39. The number of halogens is 3. The van der Waals surface area contributed by atoms with Crippen LogP contribution in [0.3, 0.4) is 0 Å². The van der Waals surface area contributed by atoms with E-state index in [0.717, 1.165) is 12.1 Å². The fourth-order valence-electron chi connectivity index (χ4n) is 1.65. The zero-order chi connectivity index (χ0) is 14.0. The molecule has 0 fully saturated rings. The van der Waals surface area contributed by atoms with Gasteiger partial charge >= 0.3 is 6.18 Å². The molecule has 2 aromatic rings. The number of benzene rings is 1. The second kappa shape index (κ2) is 4.89. The van der Waals surface area contributed by atoms with Gasteiger partial charge in [-0.2, -0.15) is 13.2 Å². The van der Waals surface area contributed by atoms with Crippen molar-refractivity contribution in [2.24, 2.45) is 0 Å². The lowest BCUT2D eigenvalue weighted by Gasteiger charge is -2.15. The van der Waals surface area contributed by atoms with E-state index < -0.39 is 12.3 Å². The predicted molar refractivity (Wildman–Crippen MR) is 63.1 cm³/mol. The smallest absolute Gasteiger partial charge is 0.379 e. The molecule has 1 heterocycles. The quantitative estimate of drug-likeness (QED) is 0.909. The molecule has 0 amide bonds. The van der Waals surface area contributed by atoms with E-state index in [9.17, 15) is 18.0 Å². The van der Waals surface area contributed by atoms with Gasteiger partial charge in [0.1, 0.15) is 0 Å². The predicted octanol–water partition coefficient (Wildman–Crippen LogP) is 2.43. The van der Waals surface area contributed by atoms with Crippen molar-refractivity contribution in [3.63, 3.8) is 0 Å². The lowest BCUT2D eigenvalue weighted by atomic mass is 10.1. The highest BCUT2D eigenvalue weighted by Crippen LogP contribution is 2.32. The van der Waals surface area contributed by atoms with Crippen LogP contribution < -0.4 is 5.56 Å². The number of aromatic nitrogens is 1. The second-order valence-corrected chi connectivity index (χ2v) is 3.94. The van der Waals surface area contributed by atoms with Crippen molar-refractivity contribution in [2.75, 3.05) is 0 Å². The molecule has 0 aliphatic heterocycles. The second-order valence-electron chi connectivity index (χ2n) is 3.94. The van der Waals surface area contributed by atoms with Crippen molar-refractivity contribution in [3.05, 3.63) is 64.6 Å². The number of pyridine rings is 1. The Labute approximate surface area is 106 Å². The van der Waals surface area contributed by atoms with E-state index >= 15 is 0 Å². The molecule has 100 valence electrons. The Kier molecular flexibility index (Phi) is 3.44. The monoisotopic (exact) mass is 269 g/mol. The van der Waals surface area contributed by atoms with Crippen LogP contribution in [0.15, 0.2) is 53.5 Å². The highest BCUT2D eigenvalue weighted by atomic mass is 19.4. The molecule has 1 atom stereocenters. The average molecular weight is 269 g/mol. The van der Waals surface area contributed by atoms with Gasteiger partial charge in [-0.05, 0) is 23.8 Å². The molecule has 19 heavy (non-hydrogen) atoms. The number of alkyl halides is 3. The van der Waals surface area contributed by atoms with E-state index in [1.807, 2.05) is 0 Å². The van der Waals surface area contributed by atoms with Gasteiger partial charge in [0.2, 0.25) is 0 Å². The summed E-state index contributed by atoms with van der Waals surface area (Å²) in [5.41, 5.74) is -0.115. The molecule has 1 unspecified atom stereocenters. The van der Waals surface area contributed by atoms with Crippen LogP contribution in [-0.4, -0.2) is 15.8 Å². The summed E-state index contributed by atoms with van der Waals surface area (Å²) in [4.78, 5) is 11.5. The van der Waals surface area contributed by atoms with E-state index in [0.29, 0.717) is 5.69 Å². The average Bonchev–Trinajstić information content (AvgIpc) is 2.38. The molecule has 6 heteroatoms. The molecule has 1 aromatic carbocycles. The Bertz CT molecular complexity index is 617. The van der Waals surface area contributed by atoms with Gasteiger partial charge in [-0.25, -0.2) is 0 Å². The molecule has 0 aliphatic rings. The van der Waals surface area contributed by atoms with E-state index in [1.54, 1.807) is 12.1 Å². The van der Waals surface area contributed by atoms with Gasteiger partial charge in [0.25, 0.3) is 5.56 Å². The van der Waals surface area contributed by atoms with Crippen molar-refractivity contribution < 1.29 is 18.3 Å². The minimum Gasteiger partial charge on any atom is -0.379 e. The topological polar surface area (TPSA) is 42.2 Å². The molecule has 0 bridgehead atoms. The molecule has 0 radical (unpaired) electrons. The fourth-order valence-corrected chi connectivity index (χ4v) is 1.65. The Morgan fingerprint density at radius 1 is 1.05 bits per heavy atom. The maximum Gasteiger partial charge on any atom is 0.418 e. The first-order valence-electron chi connectivity index (χ1n) is 5.42. The standard InChI is InChI=1S/C13H10F3NO2/c14-13(15,16)12(19)9-4-6-10(7-5-9)17-8-2-1-3-11(17)18/h1-8,12,19H. The van der Waals surface area contributed by atoms with Crippen LogP contribution in [0.25, 0.3) is 5.69 Å². The summed E-state index contributed by atoms with van der Waals surface area (Å²) in [7, 11) is 0. The molecule has 0 saturated heterocycles. The van der Waals surface area contributed by atoms with Gasteiger partial charge in [0.15, 0.2) is 6.10 Å². The first-order valence-corrected chi connectivity index (χ1v) is 5.42. The molecular formula is C13H10F3NO2. The van der Waals surface area contributed by atoms with Gasteiger partial charge in [0, 0.05) is 18.0 Å². The molecule has 2 rings (SSSR count). The maximum atomic E-state index is 12.3. The summed E-state index contributed by atoms with van der Waals surface area (Å²) in [6.45, 7) is 0. The van der Waals surface area contributed by atoms with Crippen molar-refractivity contribution in [1.29, 1.82) is 0 Å². The molecular weight excluding hydrogens is 259 g/mol. The van der Waals surface area contributed by atoms with E-state index in [-0.39, 0.29) is 11.1 Å². The molecule has 1 N–H and O–H groups in total. The maximum absolute atomic E-state index is 12.3. The third-order valence-electron chi connectivity index (χ3n) is 2.62. The van der Waals surface area contributed by atoms with Gasteiger partial charge in [-0.1, -0.05) is 18.2 Å². The summed E-state index contributed by atoms with van der Waals surface area (Å²) in [6.07, 6.45) is -5.71. The van der Waals surface area contributed by atoms with Crippen LogP contribution in [0.2, 0.25) is 0 Å². The van der Waals surface area contributed by atoms with Crippen LogP contribution in [-0.2, 0) is 0 Å². The van der Waals surface area contributed by atoms with E-state index in [2.05, 4.69) is 0 Å². The zero-order valence-corrected chi connectivity index (χ0v) is 9.63. The molecule has 0 aliphatic carbocycles. The Morgan fingerprint density at radius 3 is 2.21 bits per heavy atom. The minimum atomic E-state index is -4.70. The Morgan fingerprint density at radius 2 is 1.68 bits per heavy atom. The highest BCUT2D eigenvalue weighted by molar-refractivity contribution is 5.36. The number of rotatable bonds is 2. The number of hydrogen-bond acceptors (Lipinski definition) is 2. The third kappa shape index (κ3) is 2.85. The van der Waals surface area contributed by atoms with Crippen LogP contribution in [0, 0.1) is 0 Å². The minimum absolute atomic E-state index is 0.264. The normalized spacial score (nSPS) is 13.3. The van der Waals surface area contributed by atoms with E-state index in [1.165, 1.54) is 29.0 Å². The van der Waals surface area contributed by atoms with Crippen molar-refractivity contribution in [1.82, 2.24) is 4.57 Å². The van der Waals surface area contributed by atoms with Crippen molar-refractivity contribution in [2.45, 2.75) is 12.3 Å². The van der Waals surface area contributed by atoms with Crippen molar-refractivity contribution >= 4 is 0 Å². The first-order chi connectivity index (χ1) is 8.89.